The molecule has 16 nitrogen and oxygen atoms in total. The zero-order valence-corrected chi connectivity index (χ0v) is 16.4. The van der Waals surface area contributed by atoms with Crippen LogP contribution in [0.15, 0.2) is 36.4 Å². The average Bonchev–Trinajstić information content (AvgIpc) is 2.76. The first-order valence-electron chi connectivity index (χ1n) is 8.65. The molecule has 172 valence electrons. The number of benzene rings is 2. The SMILES string of the molecule is C[C@H](COC(=O)c1cc([N+](=O)[O-])cc([N+](=O)[O-])c1)OC(=O)c1cc([N+](=O)[O-])cc([N+](=O)[O-])c1. The van der Waals surface area contributed by atoms with Crippen LogP contribution < -0.4 is 0 Å². The van der Waals surface area contributed by atoms with Crippen molar-refractivity contribution >= 4 is 34.7 Å². The summed E-state index contributed by atoms with van der Waals surface area (Å²) in [6, 6.07) is 4.34. The highest BCUT2D eigenvalue weighted by atomic mass is 16.6. The first kappa shape index (κ1) is 24.3. The summed E-state index contributed by atoms with van der Waals surface area (Å²) in [6.45, 7) is 0.658. The van der Waals surface area contributed by atoms with Crippen LogP contribution >= 0.6 is 0 Å². The van der Waals surface area contributed by atoms with E-state index in [1.807, 2.05) is 0 Å². The van der Waals surface area contributed by atoms with Crippen LogP contribution in [0.4, 0.5) is 22.7 Å². The molecule has 1 atom stereocenters. The van der Waals surface area contributed by atoms with E-state index in [0.717, 1.165) is 24.3 Å². The van der Waals surface area contributed by atoms with Gasteiger partial charge in [0, 0.05) is 24.3 Å². The van der Waals surface area contributed by atoms with Gasteiger partial charge < -0.3 is 9.47 Å². The lowest BCUT2D eigenvalue weighted by Crippen LogP contribution is -2.22. The fourth-order valence-corrected chi connectivity index (χ4v) is 2.41. The van der Waals surface area contributed by atoms with Gasteiger partial charge in [-0.2, -0.15) is 0 Å². The third-order valence-electron chi connectivity index (χ3n) is 3.88. The van der Waals surface area contributed by atoms with Crippen LogP contribution in [0, 0.1) is 40.5 Å². The highest BCUT2D eigenvalue weighted by Crippen LogP contribution is 2.24. The van der Waals surface area contributed by atoms with E-state index in [9.17, 15) is 50.0 Å². The van der Waals surface area contributed by atoms with E-state index in [1.165, 1.54) is 6.92 Å². The molecule has 0 amide bonds. The molecule has 0 fully saturated rings. The molecule has 0 unspecified atom stereocenters. The number of hydrogen-bond donors (Lipinski definition) is 0. The van der Waals surface area contributed by atoms with Gasteiger partial charge in [0.15, 0.2) is 0 Å². The van der Waals surface area contributed by atoms with E-state index < -0.39 is 78.2 Å². The van der Waals surface area contributed by atoms with Crippen LogP contribution in [0.25, 0.3) is 0 Å². The van der Waals surface area contributed by atoms with Crippen LogP contribution in [-0.4, -0.2) is 44.3 Å². The molecule has 0 aliphatic rings. The monoisotopic (exact) mass is 464 g/mol. The van der Waals surface area contributed by atoms with Gasteiger partial charge in [0.25, 0.3) is 22.7 Å². The van der Waals surface area contributed by atoms with Crippen molar-refractivity contribution in [2.45, 2.75) is 13.0 Å². The van der Waals surface area contributed by atoms with Gasteiger partial charge in [0.05, 0.1) is 43.0 Å². The maximum atomic E-state index is 12.2. The van der Waals surface area contributed by atoms with Crippen LogP contribution in [0.1, 0.15) is 27.6 Å². The summed E-state index contributed by atoms with van der Waals surface area (Å²) >= 11 is 0. The predicted octanol–water partition coefficient (Wildman–Crippen LogP) is 2.72. The molecule has 0 heterocycles. The summed E-state index contributed by atoms with van der Waals surface area (Å²) in [4.78, 5) is 64.2. The minimum absolute atomic E-state index is 0.497. The van der Waals surface area contributed by atoms with E-state index in [0.29, 0.717) is 12.1 Å². The zero-order valence-electron chi connectivity index (χ0n) is 16.4. The Balaban J connectivity index is 2.11. The van der Waals surface area contributed by atoms with E-state index in [1.54, 1.807) is 0 Å². The van der Waals surface area contributed by atoms with Crippen molar-refractivity contribution in [3.8, 4) is 0 Å². The zero-order chi connectivity index (χ0) is 24.9. The van der Waals surface area contributed by atoms with Crippen LogP contribution in [0.2, 0.25) is 0 Å². The Kier molecular flexibility index (Phi) is 7.24. The number of nitro groups is 4. The second kappa shape index (κ2) is 9.86. The van der Waals surface area contributed by atoms with Gasteiger partial charge in [0.1, 0.15) is 12.7 Å². The minimum atomic E-state index is -1.18. The average molecular weight is 464 g/mol. The van der Waals surface area contributed by atoms with E-state index >= 15 is 0 Å². The molecular weight excluding hydrogens is 452 g/mol. The Bertz CT molecular complexity index is 1110. The lowest BCUT2D eigenvalue weighted by molar-refractivity contribution is -0.394. The van der Waals surface area contributed by atoms with Crippen molar-refractivity contribution < 1.29 is 38.8 Å². The third kappa shape index (κ3) is 6.23. The molecule has 2 rings (SSSR count). The molecule has 0 bridgehead atoms. The first-order chi connectivity index (χ1) is 15.4. The van der Waals surface area contributed by atoms with Crippen LogP contribution in [0.5, 0.6) is 0 Å². The van der Waals surface area contributed by atoms with Crippen molar-refractivity contribution in [2.75, 3.05) is 6.61 Å². The second-order valence-corrected chi connectivity index (χ2v) is 6.32. The molecule has 0 spiro atoms. The molecule has 0 saturated carbocycles. The first-order valence-corrected chi connectivity index (χ1v) is 8.65. The number of hydrogen-bond acceptors (Lipinski definition) is 12. The van der Waals surface area contributed by atoms with Gasteiger partial charge in [-0.25, -0.2) is 9.59 Å². The quantitative estimate of drug-likeness (QED) is 0.296. The number of carbonyl (C=O) groups is 2. The second-order valence-electron chi connectivity index (χ2n) is 6.32. The van der Waals surface area contributed by atoms with Crippen molar-refractivity contribution in [2.24, 2.45) is 0 Å². The van der Waals surface area contributed by atoms with Gasteiger partial charge in [-0.1, -0.05) is 0 Å². The Morgan fingerprint density at radius 1 is 0.697 bits per heavy atom. The number of esters is 2. The number of nitro benzene ring substituents is 4. The summed E-state index contributed by atoms with van der Waals surface area (Å²) in [7, 11) is 0. The molecule has 0 N–H and O–H groups in total. The maximum Gasteiger partial charge on any atom is 0.339 e. The highest BCUT2D eigenvalue weighted by molar-refractivity contribution is 5.92. The maximum absolute atomic E-state index is 12.2. The van der Waals surface area contributed by atoms with Gasteiger partial charge in [-0.15, -0.1) is 0 Å². The van der Waals surface area contributed by atoms with E-state index in [-0.39, 0.29) is 0 Å². The molecule has 0 aromatic heterocycles. The van der Waals surface area contributed by atoms with Crippen LogP contribution in [0.3, 0.4) is 0 Å². The summed E-state index contributed by atoms with van der Waals surface area (Å²) in [5, 5.41) is 43.6. The predicted molar refractivity (Wildman–Crippen MR) is 105 cm³/mol. The molecule has 0 aliphatic carbocycles. The molecule has 0 aliphatic heterocycles. The van der Waals surface area contributed by atoms with Crippen molar-refractivity contribution in [3.63, 3.8) is 0 Å². The van der Waals surface area contributed by atoms with Crippen LogP contribution in [-0.2, 0) is 9.47 Å². The lowest BCUT2D eigenvalue weighted by Gasteiger charge is -2.13. The number of ether oxygens (including phenoxy) is 2. The Labute approximate surface area is 181 Å². The number of rotatable bonds is 9. The fourth-order valence-electron chi connectivity index (χ4n) is 2.41. The number of non-ortho nitro benzene ring substituents is 4. The molecular formula is C17H12N4O12. The Morgan fingerprint density at radius 3 is 1.36 bits per heavy atom. The van der Waals surface area contributed by atoms with E-state index in [2.05, 4.69) is 0 Å². The van der Waals surface area contributed by atoms with Gasteiger partial charge in [-0.05, 0) is 6.92 Å². The number of carbonyl (C=O) groups excluding carboxylic acids is 2. The van der Waals surface area contributed by atoms with Gasteiger partial charge in [-0.3, -0.25) is 40.5 Å². The summed E-state index contributed by atoms with van der Waals surface area (Å²) in [5.41, 5.74) is -3.87. The highest BCUT2D eigenvalue weighted by Gasteiger charge is 2.24. The molecule has 2 aromatic carbocycles. The largest absolute Gasteiger partial charge is 0.458 e. The lowest BCUT2D eigenvalue weighted by atomic mass is 10.1. The summed E-state index contributed by atoms with van der Waals surface area (Å²) < 4.78 is 9.78. The molecule has 16 heteroatoms. The number of nitrogens with zero attached hydrogens (tertiary/aromatic N) is 4. The molecule has 0 radical (unpaired) electrons. The Hall–Kier alpha value is -5.02. The Morgan fingerprint density at radius 2 is 1.03 bits per heavy atom. The van der Waals surface area contributed by atoms with Crippen molar-refractivity contribution in [1.82, 2.24) is 0 Å². The summed E-state index contributed by atoms with van der Waals surface area (Å²) in [6.07, 6.45) is -1.16. The fraction of sp³-hybridized carbons (Fsp3) is 0.176. The standard InChI is InChI=1S/C17H12N4O12/c1-9(33-17(23)11-4-14(20(28)29)7-15(5-11)21(30)31)8-32-16(22)10-2-12(18(24)25)6-13(3-10)19(26)27/h2-7,9H,8H2,1H3/t9-/m1/s1. The third-order valence-corrected chi connectivity index (χ3v) is 3.88. The molecule has 0 saturated heterocycles. The summed E-state index contributed by atoms with van der Waals surface area (Å²) in [5.74, 6) is -2.37. The minimum Gasteiger partial charge on any atom is -0.458 e. The van der Waals surface area contributed by atoms with Crippen molar-refractivity contribution in [1.29, 1.82) is 0 Å². The van der Waals surface area contributed by atoms with Gasteiger partial charge >= 0.3 is 11.9 Å². The van der Waals surface area contributed by atoms with E-state index in [4.69, 9.17) is 9.47 Å². The van der Waals surface area contributed by atoms with Crippen molar-refractivity contribution in [3.05, 3.63) is 88.0 Å². The topological polar surface area (TPSA) is 225 Å². The molecule has 33 heavy (non-hydrogen) atoms. The molecule has 2 aromatic rings. The van der Waals surface area contributed by atoms with Gasteiger partial charge in [0.2, 0.25) is 0 Å². The smallest absolute Gasteiger partial charge is 0.339 e. The normalized spacial score (nSPS) is 11.2.